The van der Waals surface area contributed by atoms with E-state index in [0.717, 1.165) is 16.7 Å². The third kappa shape index (κ3) is 3.54. The van der Waals surface area contributed by atoms with Gasteiger partial charge in [-0.15, -0.1) is 0 Å². The Bertz CT molecular complexity index is 834. The van der Waals surface area contributed by atoms with Crippen LogP contribution in [0.3, 0.4) is 0 Å². The molecule has 130 valence electrons. The van der Waals surface area contributed by atoms with Crippen LogP contribution in [-0.2, 0) is 9.59 Å². The summed E-state index contributed by atoms with van der Waals surface area (Å²) in [5.41, 5.74) is 3.23. The van der Waals surface area contributed by atoms with Crippen LogP contribution in [0.25, 0.3) is 0 Å². The number of hydrogen-bond acceptors (Lipinski definition) is 2. The summed E-state index contributed by atoms with van der Waals surface area (Å²) in [5, 5.41) is 6.20. The number of aryl methyl sites for hydroxylation is 3. The molecule has 2 aromatic rings. The summed E-state index contributed by atoms with van der Waals surface area (Å²) in [5.74, 6) is -0.567. The van der Waals surface area contributed by atoms with E-state index in [1.54, 1.807) is 6.07 Å². The molecule has 0 spiro atoms. The molecule has 2 aromatic carbocycles. The minimum Gasteiger partial charge on any atom is -0.325 e. The van der Waals surface area contributed by atoms with Crippen LogP contribution in [0.15, 0.2) is 36.4 Å². The molecule has 0 aliphatic heterocycles. The van der Waals surface area contributed by atoms with Gasteiger partial charge in [0, 0.05) is 5.69 Å². The molecular formula is C20H21ClN2O2. The van der Waals surface area contributed by atoms with Crippen molar-refractivity contribution < 1.29 is 9.59 Å². The van der Waals surface area contributed by atoms with E-state index < -0.39 is 5.41 Å². The quantitative estimate of drug-likeness (QED) is 0.785. The first-order valence-electron chi connectivity index (χ1n) is 8.28. The van der Waals surface area contributed by atoms with Gasteiger partial charge in [-0.3, -0.25) is 9.59 Å². The van der Waals surface area contributed by atoms with Gasteiger partial charge < -0.3 is 10.6 Å². The summed E-state index contributed by atoms with van der Waals surface area (Å²) >= 11 is 6.26. The molecule has 0 aromatic heterocycles. The fourth-order valence-corrected chi connectivity index (χ4v) is 3.33. The van der Waals surface area contributed by atoms with Gasteiger partial charge in [0.25, 0.3) is 0 Å². The predicted molar refractivity (Wildman–Crippen MR) is 101 cm³/mol. The fourth-order valence-electron chi connectivity index (χ4n) is 2.96. The molecule has 0 heterocycles. The summed E-state index contributed by atoms with van der Waals surface area (Å²) in [6, 6.07) is 11.3. The Morgan fingerprint density at radius 3 is 2.24 bits per heavy atom. The molecule has 2 N–H and O–H groups in total. The average molecular weight is 357 g/mol. The zero-order chi connectivity index (χ0) is 18.2. The Balaban J connectivity index is 1.76. The van der Waals surface area contributed by atoms with Gasteiger partial charge in [-0.05, 0) is 68.5 Å². The molecule has 0 unspecified atom stereocenters. The molecule has 2 amide bonds. The van der Waals surface area contributed by atoms with Crippen LogP contribution in [-0.4, -0.2) is 11.8 Å². The maximum atomic E-state index is 12.8. The lowest BCUT2D eigenvalue weighted by atomic mass is 10.0. The summed E-state index contributed by atoms with van der Waals surface area (Å²) in [7, 11) is 0. The van der Waals surface area contributed by atoms with Gasteiger partial charge in [0.15, 0.2) is 0 Å². The lowest BCUT2D eigenvalue weighted by Crippen LogP contribution is -2.35. The Labute approximate surface area is 152 Å². The number of hydrogen-bond donors (Lipinski definition) is 2. The van der Waals surface area contributed by atoms with Gasteiger partial charge in [-0.2, -0.15) is 0 Å². The van der Waals surface area contributed by atoms with E-state index in [2.05, 4.69) is 10.6 Å². The molecule has 3 rings (SSSR count). The Morgan fingerprint density at radius 2 is 1.64 bits per heavy atom. The van der Waals surface area contributed by atoms with Crippen molar-refractivity contribution in [2.24, 2.45) is 5.41 Å². The normalized spacial score (nSPS) is 14.7. The van der Waals surface area contributed by atoms with Crippen molar-refractivity contribution in [2.75, 3.05) is 10.6 Å². The standard InChI is InChI=1S/C20H21ClN2O2/c1-12-5-4-6-15(10-12)22-18(24)20(7-8-20)19(25)23-17-14(3)9-13(2)11-16(17)21/h4-6,9-11H,7-8H2,1-3H3,(H,22,24)(H,23,25). The monoisotopic (exact) mass is 356 g/mol. The van der Waals surface area contributed by atoms with Crippen molar-refractivity contribution in [2.45, 2.75) is 33.6 Å². The maximum Gasteiger partial charge on any atom is 0.240 e. The topological polar surface area (TPSA) is 58.2 Å². The predicted octanol–water partition coefficient (Wildman–Crippen LogP) is 4.62. The second kappa shape index (κ2) is 6.52. The fraction of sp³-hybridized carbons (Fsp3) is 0.300. The summed E-state index contributed by atoms with van der Waals surface area (Å²) in [6.07, 6.45) is 1.08. The van der Waals surface area contributed by atoms with Crippen molar-refractivity contribution in [3.05, 3.63) is 58.1 Å². The molecule has 25 heavy (non-hydrogen) atoms. The number of nitrogens with one attached hydrogen (secondary N) is 2. The largest absolute Gasteiger partial charge is 0.325 e. The summed E-state index contributed by atoms with van der Waals surface area (Å²) < 4.78 is 0. The van der Waals surface area contributed by atoms with Crippen molar-refractivity contribution in [3.63, 3.8) is 0 Å². The van der Waals surface area contributed by atoms with E-state index in [-0.39, 0.29) is 11.8 Å². The maximum absolute atomic E-state index is 12.8. The van der Waals surface area contributed by atoms with Gasteiger partial charge in [-0.25, -0.2) is 0 Å². The Hall–Kier alpha value is -2.33. The molecule has 0 bridgehead atoms. The van der Waals surface area contributed by atoms with Gasteiger partial charge >= 0.3 is 0 Å². The van der Waals surface area contributed by atoms with E-state index in [1.165, 1.54) is 0 Å². The van der Waals surface area contributed by atoms with Crippen molar-refractivity contribution in [3.8, 4) is 0 Å². The van der Waals surface area contributed by atoms with E-state index in [1.807, 2.05) is 51.1 Å². The van der Waals surface area contributed by atoms with E-state index in [4.69, 9.17) is 11.6 Å². The zero-order valence-electron chi connectivity index (χ0n) is 14.6. The van der Waals surface area contributed by atoms with E-state index in [0.29, 0.717) is 29.2 Å². The third-order valence-corrected chi connectivity index (χ3v) is 4.86. The first kappa shape index (κ1) is 17.5. The second-order valence-corrected chi connectivity index (χ2v) is 7.21. The second-order valence-electron chi connectivity index (χ2n) is 6.80. The number of benzene rings is 2. The molecule has 0 atom stereocenters. The summed E-state index contributed by atoms with van der Waals surface area (Å²) in [4.78, 5) is 25.4. The molecule has 4 nitrogen and oxygen atoms in total. The highest BCUT2D eigenvalue weighted by molar-refractivity contribution is 6.34. The molecule has 0 radical (unpaired) electrons. The van der Waals surface area contributed by atoms with Gasteiger partial charge in [0.05, 0.1) is 10.7 Å². The highest BCUT2D eigenvalue weighted by Gasteiger charge is 2.56. The summed E-state index contributed by atoms with van der Waals surface area (Å²) in [6.45, 7) is 5.79. The molecule has 1 saturated carbocycles. The molecule has 1 aliphatic rings. The molecule has 5 heteroatoms. The number of carbonyl (C=O) groups is 2. The van der Waals surface area contributed by atoms with Gasteiger partial charge in [-0.1, -0.05) is 29.8 Å². The smallest absolute Gasteiger partial charge is 0.240 e. The van der Waals surface area contributed by atoms with E-state index in [9.17, 15) is 9.59 Å². The SMILES string of the molecule is Cc1cccc(NC(=O)C2(C(=O)Nc3c(C)cc(C)cc3Cl)CC2)c1. The molecule has 1 aliphatic carbocycles. The number of halogens is 1. The van der Waals surface area contributed by atoms with Crippen LogP contribution in [0.2, 0.25) is 5.02 Å². The Kier molecular flexibility index (Phi) is 4.56. The molecule has 0 saturated heterocycles. The van der Waals surface area contributed by atoms with Crippen molar-refractivity contribution in [1.29, 1.82) is 0 Å². The number of rotatable bonds is 4. The van der Waals surface area contributed by atoms with Crippen LogP contribution in [0.4, 0.5) is 11.4 Å². The minimum absolute atomic E-state index is 0.267. The first-order valence-corrected chi connectivity index (χ1v) is 8.66. The van der Waals surface area contributed by atoms with Crippen molar-refractivity contribution in [1.82, 2.24) is 0 Å². The lowest BCUT2D eigenvalue weighted by molar-refractivity contribution is -0.131. The minimum atomic E-state index is -1.01. The zero-order valence-corrected chi connectivity index (χ0v) is 15.3. The van der Waals surface area contributed by atoms with Crippen molar-refractivity contribution >= 4 is 34.8 Å². The highest BCUT2D eigenvalue weighted by atomic mass is 35.5. The van der Waals surface area contributed by atoms with Crippen LogP contribution in [0, 0.1) is 26.2 Å². The van der Waals surface area contributed by atoms with Crippen LogP contribution < -0.4 is 10.6 Å². The van der Waals surface area contributed by atoms with Gasteiger partial charge in [0.1, 0.15) is 5.41 Å². The van der Waals surface area contributed by atoms with Crippen LogP contribution in [0.5, 0.6) is 0 Å². The number of anilines is 2. The molecule has 1 fully saturated rings. The third-order valence-electron chi connectivity index (χ3n) is 4.57. The lowest BCUT2D eigenvalue weighted by Gasteiger charge is -2.18. The van der Waals surface area contributed by atoms with E-state index >= 15 is 0 Å². The average Bonchev–Trinajstić information content (AvgIpc) is 3.32. The van der Waals surface area contributed by atoms with Crippen LogP contribution >= 0.6 is 11.6 Å². The highest BCUT2D eigenvalue weighted by Crippen LogP contribution is 2.48. The molecular weight excluding hydrogens is 336 g/mol. The number of carbonyl (C=O) groups excluding carboxylic acids is 2. The van der Waals surface area contributed by atoms with Crippen LogP contribution in [0.1, 0.15) is 29.5 Å². The Morgan fingerprint density at radius 1 is 0.960 bits per heavy atom. The number of amides is 2. The first-order chi connectivity index (χ1) is 11.8. The van der Waals surface area contributed by atoms with Gasteiger partial charge in [0.2, 0.25) is 11.8 Å².